The molecular weight excluding hydrogens is 422 g/mol. The van der Waals surface area contributed by atoms with E-state index in [2.05, 4.69) is 20.3 Å². The molecule has 0 fully saturated rings. The smallest absolute Gasteiger partial charge is 0.259 e. The highest BCUT2D eigenvalue weighted by Crippen LogP contribution is 2.18. The Balaban J connectivity index is 1.66. The average molecular weight is 444 g/mol. The predicted octanol–water partition coefficient (Wildman–Crippen LogP) is 3.46. The Morgan fingerprint density at radius 2 is 2.18 bits per heavy atom. The molecule has 0 aromatic carbocycles. The van der Waals surface area contributed by atoms with Crippen LogP contribution in [0.5, 0.6) is 0 Å². The van der Waals surface area contributed by atoms with E-state index in [-0.39, 0.29) is 11.5 Å². The van der Waals surface area contributed by atoms with Crippen molar-refractivity contribution in [2.75, 3.05) is 31.1 Å². The number of pyridine rings is 1. The Labute approximate surface area is 177 Å². The summed E-state index contributed by atoms with van der Waals surface area (Å²) < 4.78 is 5.28. The summed E-state index contributed by atoms with van der Waals surface area (Å²) >= 11 is 9.39. The lowest BCUT2D eigenvalue weighted by Gasteiger charge is -2.07. The molecule has 2 aromatic rings. The second-order valence-corrected chi connectivity index (χ2v) is 8.26. The Bertz CT molecular complexity index is 788. The molecule has 0 saturated heterocycles. The van der Waals surface area contributed by atoms with Gasteiger partial charge < -0.3 is 9.73 Å². The van der Waals surface area contributed by atoms with E-state index in [1.807, 2.05) is 13.0 Å². The van der Waals surface area contributed by atoms with Crippen LogP contribution in [0.3, 0.4) is 0 Å². The maximum Gasteiger partial charge on any atom is 0.259 e. The highest BCUT2D eigenvalue weighted by Gasteiger charge is 2.08. The number of amidine groups is 1. The number of hydrogen-bond acceptors (Lipinski definition) is 8. The first kappa shape index (κ1) is 22.5. The number of rotatable bonds is 12. The number of thioether (sulfide) groups is 2. The first-order chi connectivity index (χ1) is 13.6. The fourth-order valence-electron chi connectivity index (χ4n) is 2.12. The summed E-state index contributed by atoms with van der Waals surface area (Å²) in [6.45, 7) is 2.69. The number of nitrogens with zero attached hydrogens (tertiary/aromatic N) is 4. The van der Waals surface area contributed by atoms with Gasteiger partial charge in [-0.3, -0.25) is 20.1 Å². The molecular formula is C17H22ClN5O3S2. The van der Waals surface area contributed by atoms with Gasteiger partial charge >= 0.3 is 0 Å². The van der Waals surface area contributed by atoms with Crippen molar-refractivity contribution >= 4 is 41.0 Å². The minimum atomic E-state index is -0.377. The van der Waals surface area contributed by atoms with E-state index < -0.39 is 0 Å². The summed E-state index contributed by atoms with van der Waals surface area (Å²) in [7, 11) is 0. The number of aliphatic imine (C=N–C) groups is 1. The monoisotopic (exact) mass is 443 g/mol. The maximum atomic E-state index is 10.8. The fourth-order valence-corrected chi connectivity index (χ4v) is 4.03. The average Bonchev–Trinajstić information content (AvgIpc) is 3.06. The standard InChI is InChI=1S/C17H22ClN5O3S2/c1-13-16(26-12-22-13)11-28-8-6-21-17(9-23(24)25)20-5-7-27-10-15-14(18)3-2-4-19-15/h2-4,12H,5-11H2,1H3,(H,20,21). The zero-order valence-electron chi connectivity index (χ0n) is 15.5. The summed E-state index contributed by atoms with van der Waals surface area (Å²) in [5.41, 5.74) is 1.73. The van der Waals surface area contributed by atoms with Crippen molar-refractivity contribution in [3.05, 3.63) is 57.0 Å². The lowest BCUT2D eigenvalue weighted by atomic mass is 10.4. The molecule has 2 heterocycles. The second kappa shape index (κ2) is 12.6. The highest BCUT2D eigenvalue weighted by molar-refractivity contribution is 7.98. The third-order valence-corrected chi connectivity index (χ3v) is 5.80. The quantitative estimate of drug-likeness (QED) is 0.175. The zero-order valence-corrected chi connectivity index (χ0v) is 17.9. The van der Waals surface area contributed by atoms with Gasteiger partial charge in [-0.1, -0.05) is 11.6 Å². The van der Waals surface area contributed by atoms with Gasteiger partial charge in [-0.05, 0) is 19.1 Å². The number of aromatic nitrogens is 2. The normalized spacial score (nSPS) is 11.6. The van der Waals surface area contributed by atoms with Gasteiger partial charge in [-0.25, -0.2) is 4.98 Å². The van der Waals surface area contributed by atoms with Crippen molar-refractivity contribution in [2.24, 2.45) is 4.99 Å². The summed E-state index contributed by atoms with van der Waals surface area (Å²) in [6, 6.07) is 3.61. The minimum absolute atomic E-state index is 0.303. The van der Waals surface area contributed by atoms with Crippen LogP contribution >= 0.6 is 35.1 Å². The van der Waals surface area contributed by atoms with Crippen LogP contribution in [0.4, 0.5) is 0 Å². The van der Waals surface area contributed by atoms with Gasteiger partial charge in [0.15, 0.2) is 12.2 Å². The Morgan fingerprint density at radius 3 is 2.89 bits per heavy atom. The number of hydrogen-bond donors (Lipinski definition) is 1. The summed E-state index contributed by atoms with van der Waals surface area (Å²) in [5.74, 6) is 4.17. The van der Waals surface area contributed by atoms with Crippen molar-refractivity contribution in [3.8, 4) is 0 Å². The molecule has 2 rings (SSSR count). The first-order valence-corrected chi connectivity index (χ1v) is 11.3. The Hall–Kier alpha value is -1.78. The largest absolute Gasteiger partial charge is 0.447 e. The van der Waals surface area contributed by atoms with Crippen molar-refractivity contribution in [2.45, 2.75) is 18.4 Å². The lowest BCUT2D eigenvalue weighted by Crippen LogP contribution is -2.32. The number of halogens is 1. The fraction of sp³-hybridized carbons (Fsp3) is 0.471. The molecule has 0 saturated carbocycles. The van der Waals surface area contributed by atoms with Gasteiger partial charge in [0.05, 0.1) is 28.7 Å². The van der Waals surface area contributed by atoms with Crippen molar-refractivity contribution in [1.29, 1.82) is 0 Å². The van der Waals surface area contributed by atoms with E-state index >= 15 is 0 Å². The summed E-state index contributed by atoms with van der Waals surface area (Å²) in [6.07, 6.45) is 3.14. The Kier molecular flexibility index (Phi) is 10.2. The van der Waals surface area contributed by atoms with Crippen molar-refractivity contribution in [3.63, 3.8) is 0 Å². The van der Waals surface area contributed by atoms with Crippen LogP contribution in [0, 0.1) is 17.0 Å². The molecule has 0 aliphatic heterocycles. The minimum Gasteiger partial charge on any atom is -0.447 e. The van der Waals surface area contributed by atoms with Crippen molar-refractivity contribution in [1.82, 2.24) is 15.3 Å². The van der Waals surface area contributed by atoms with E-state index in [4.69, 9.17) is 16.0 Å². The molecule has 0 amide bonds. The van der Waals surface area contributed by atoms with E-state index in [1.54, 1.807) is 35.8 Å². The van der Waals surface area contributed by atoms with Gasteiger partial charge in [-0.2, -0.15) is 23.5 Å². The van der Waals surface area contributed by atoms with E-state index in [9.17, 15) is 10.1 Å². The molecule has 11 heteroatoms. The van der Waals surface area contributed by atoms with Crippen LogP contribution in [0.25, 0.3) is 0 Å². The molecule has 0 atom stereocenters. The first-order valence-electron chi connectivity index (χ1n) is 8.59. The maximum absolute atomic E-state index is 10.8. The molecule has 1 N–H and O–H groups in total. The second-order valence-electron chi connectivity index (χ2n) is 5.64. The number of aryl methyl sites for hydroxylation is 1. The zero-order chi connectivity index (χ0) is 20.2. The lowest BCUT2D eigenvalue weighted by molar-refractivity contribution is -0.463. The molecule has 0 bridgehead atoms. The highest BCUT2D eigenvalue weighted by atomic mass is 35.5. The summed E-state index contributed by atoms with van der Waals surface area (Å²) in [5, 5.41) is 14.5. The van der Waals surface area contributed by atoms with E-state index in [0.717, 1.165) is 28.7 Å². The Morgan fingerprint density at radius 1 is 1.36 bits per heavy atom. The molecule has 8 nitrogen and oxygen atoms in total. The molecule has 0 aliphatic rings. The molecule has 2 aromatic heterocycles. The van der Waals surface area contributed by atoms with Crippen LogP contribution in [0.1, 0.15) is 17.1 Å². The molecule has 0 unspecified atom stereocenters. The van der Waals surface area contributed by atoms with Crippen LogP contribution < -0.4 is 5.32 Å². The van der Waals surface area contributed by atoms with Gasteiger partial charge in [0.2, 0.25) is 0 Å². The van der Waals surface area contributed by atoms with E-state index in [1.165, 1.54) is 6.39 Å². The third-order valence-electron chi connectivity index (χ3n) is 3.54. The van der Waals surface area contributed by atoms with Gasteiger partial charge in [-0.15, -0.1) is 0 Å². The van der Waals surface area contributed by atoms with Crippen LogP contribution in [0.2, 0.25) is 5.02 Å². The molecule has 28 heavy (non-hydrogen) atoms. The molecule has 0 aliphatic carbocycles. The van der Waals surface area contributed by atoms with Gasteiger partial charge in [0.1, 0.15) is 5.76 Å². The van der Waals surface area contributed by atoms with Gasteiger partial charge in [0.25, 0.3) is 6.54 Å². The SMILES string of the molecule is Cc1ncoc1CSCCN=C(C[N+](=O)[O-])NCCSCc1ncccc1Cl. The molecule has 0 radical (unpaired) electrons. The topological polar surface area (TPSA) is 106 Å². The van der Waals surface area contributed by atoms with Crippen LogP contribution in [-0.2, 0) is 11.5 Å². The van der Waals surface area contributed by atoms with E-state index in [0.29, 0.717) is 35.5 Å². The van der Waals surface area contributed by atoms with Crippen LogP contribution in [-0.4, -0.2) is 51.9 Å². The number of nitrogens with one attached hydrogen (secondary N) is 1. The van der Waals surface area contributed by atoms with Crippen molar-refractivity contribution < 1.29 is 9.34 Å². The summed E-state index contributed by atoms with van der Waals surface area (Å²) in [4.78, 5) is 23.1. The predicted molar refractivity (Wildman–Crippen MR) is 115 cm³/mol. The van der Waals surface area contributed by atoms with Gasteiger partial charge in [0, 0.05) is 34.9 Å². The number of oxazole rings is 1. The molecule has 152 valence electrons. The number of nitro groups is 1. The van der Waals surface area contributed by atoms with Crippen LogP contribution in [0.15, 0.2) is 34.1 Å². The third kappa shape index (κ3) is 8.49. The molecule has 0 spiro atoms.